The Balaban J connectivity index is 1.53. The highest BCUT2D eigenvalue weighted by atomic mass is 16.5. The maximum atomic E-state index is 5.56. The van der Waals surface area contributed by atoms with Crippen LogP contribution in [-0.2, 0) is 19.3 Å². The molecular weight excluding hydrogens is 398 g/mol. The van der Waals surface area contributed by atoms with Crippen molar-refractivity contribution in [1.29, 1.82) is 0 Å². The second-order valence-electron chi connectivity index (χ2n) is 8.52. The van der Waals surface area contributed by atoms with Gasteiger partial charge in [0.2, 0.25) is 0 Å². The monoisotopic (exact) mass is 431 g/mol. The third-order valence-corrected chi connectivity index (χ3v) is 6.63. The maximum absolute atomic E-state index is 5.56. The Morgan fingerprint density at radius 3 is 2.16 bits per heavy atom. The zero-order valence-electron chi connectivity index (χ0n) is 19.6. The number of rotatable bonds is 8. The molecule has 3 aromatic carbocycles. The lowest BCUT2D eigenvalue weighted by atomic mass is 9.79. The molecule has 4 heteroatoms. The Morgan fingerprint density at radius 1 is 0.781 bits per heavy atom. The van der Waals surface area contributed by atoms with E-state index in [1.807, 2.05) is 12.1 Å². The highest BCUT2D eigenvalue weighted by Gasteiger charge is 2.24. The lowest BCUT2D eigenvalue weighted by molar-refractivity contribution is 0.413. The molecule has 0 radical (unpaired) electrons. The molecule has 0 saturated heterocycles. The molecule has 1 aliphatic rings. The summed E-state index contributed by atoms with van der Waals surface area (Å²) in [5.41, 5.74) is 6.83. The third-order valence-electron chi connectivity index (χ3n) is 6.63. The summed E-state index contributed by atoms with van der Waals surface area (Å²) in [4.78, 5) is 2.37. The first-order valence-corrected chi connectivity index (χ1v) is 11.3. The number of benzene rings is 3. The molecule has 168 valence electrons. The topological polar surface area (TPSA) is 30.9 Å². The predicted molar refractivity (Wildman–Crippen MR) is 131 cm³/mol. The van der Waals surface area contributed by atoms with E-state index in [-0.39, 0.29) is 0 Å². The summed E-state index contributed by atoms with van der Waals surface area (Å²) in [6.45, 7) is 0.938. The minimum atomic E-state index is 0.500. The first-order valence-electron chi connectivity index (χ1n) is 11.3. The molecule has 0 fully saturated rings. The molecule has 4 nitrogen and oxygen atoms in total. The van der Waals surface area contributed by atoms with Gasteiger partial charge in [-0.25, -0.2) is 0 Å². The van der Waals surface area contributed by atoms with Crippen LogP contribution in [0.2, 0.25) is 0 Å². The number of anilines is 1. The van der Waals surface area contributed by atoms with E-state index in [4.69, 9.17) is 14.2 Å². The summed E-state index contributed by atoms with van der Waals surface area (Å²) in [6.07, 6.45) is 4.26. The van der Waals surface area contributed by atoms with Gasteiger partial charge in [0.05, 0.1) is 21.3 Å². The fourth-order valence-corrected chi connectivity index (χ4v) is 4.66. The van der Waals surface area contributed by atoms with E-state index in [0.717, 1.165) is 49.5 Å². The molecule has 1 unspecified atom stereocenters. The number of hydrogen-bond acceptors (Lipinski definition) is 4. The van der Waals surface area contributed by atoms with Crippen LogP contribution in [0.3, 0.4) is 0 Å². The number of ether oxygens (including phenoxy) is 3. The standard InChI is InChI=1S/C28H33NO3/c1-29(16-15-20-5-10-24(30-2)11-6-20)28-19-26(32-4)13-14-27(28)23-8-7-22-18-25(31-3)12-9-21(22)17-23/h5-6,9-14,18-19,23H,7-8,15-17H2,1-4H3. The van der Waals surface area contributed by atoms with Gasteiger partial charge in [-0.3, -0.25) is 0 Å². The van der Waals surface area contributed by atoms with Crippen LogP contribution in [0.5, 0.6) is 17.2 Å². The number of methoxy groups -OCH3 is 3. The van der Waals surface area contributed by atoms with Crippen LogP contribution in [0.4, 0.5) is 5.69 Å². The van der Waals surface area contributed by atoms with Gasteiger partial charge < -0.3 is 19.1 Å². The Labute approximate surface area is 191 Å². The van der Waals surface area contributed by atoms with Crippen LogP contribution in [0.15, 0.2) is 60.7 Å². The fraction of sp³-hybridized carbons (Fsp3) is 0.357. The van der Waals surface area contributed by atoms with Crippen LogP contribution in [0, 0.1) is 0 Å². The SMILES string of the molecule is COc1ccc(CCN(C)c2cc(OC)ccc2C2CCc3cc(OC)ccc3C2)cc1. The largest absolute Gasteiger partial charge is 0.497 e. The second kappa shape index (κ2) is 9.99. The van der Waals surface area contributed by atoms with Crippen molar-refractivity contribution in [2.45, 2.75) is 31.6 Å². The number of aryl methyl sites for hydroxylation is 1. The molecule has 3 aromatic rings. The Morgan fingerprint density at radius 2 is 1.44 bits per heavy atom. The van der Waals surface area contributed by atoms with Gasteiger partial charge in [-0.1, -0.05) is 24.3 Å². The van der Waals surface area contributed by atoms with E-state index in [1.54, 1.807) is 21.3 Å². The smallest absolute Gasteiger partial charge is 0.120 e. The van der Waals surface area contributed by atoms with E-state index < -0.39 is 0 Å². The molecule has 0 amide bonds. The second-order valence-corrected chi connectivity index (χ2v) is 8.52. The van der Waals surface area contributed by atoms with E-state index in [1.165, 1.54) is 27.9 Å². The van der Waals surface area contributed by atoms with Crippen molar-refractivity contribution in [2.75, 3.05) is 39.8 Å². The van der Waals surface area contributed by atoms with E-state index >= 15 is 0 Å². The lowest BCUT2D eigenvalue weighted by Crippen LogP contribution is -2.23. The Kier molecular flexibility index (Phi) is 6.89. The zero-order chi connectivity index (χ0) is 22.5. The van der Waals surface area contributed by atoms with Crippen LogP contribution >= 0.6 is 0 Å². The average molecular weight is 432 g/mol. The summed E-state index contributed by atoms with van der Waals surface area (Å²) >= 11 is 0. The number of hydrogen-bond donors (Lipinski definition) is 0. The van der Waals surface area contributed by atoms with Crippen LogP contribution in [0.1, 0.15) is 34.6 Å². The Hall–Kier alpha value is -3.14. The molecule has 0 aliphatic heterocycles. The van der Waals surface area contributed by atoms with Crippen molar-refractivity contribution in [3.05, 3.63) is 82.9 Å². The van der Waals surface area contributed by atoms with Gasteiger partial charge in [-0.15, -0.1) is 0 Å². The highest BCUT2D eigenvalue weighted by Crippen LogP contribution is 2.39. The average Bonchev–Trinajstić information content (AvgIpc) is 2.86. The van der Waals surface area contributed by atoms with Gasteiger partial charge in [-0.2, -0.15) is 0 Å². The Bertz CT molecular complexity index is 1050. The molecule has 0 heterocycles. The third kappa shape index (κ3) is 4.85. The molecule has 0 bridgehead atoms. The quantitative estimate of drug-likeness (QED) is 0.460. The van der Waals surface area contributed by atoms with Crippen molar-refractivity contribution in [2.24, 2.45) is 0 Å². The zero-order valence-corrected chi connectivity index (χ0v) is 19.6. The van der Waals surface area contributed by atoms with E-state index in [9.17, 15) is 0 Å². The van der Waals surface area contributed by atoms with Gasteiger partial charge >= 0.3 is 0 Å². The molecule has 0 N–H and O–H groups in total. The first kappa shape index (κ1) is 22.1. The molecule has 32 heavy (non-hydrogen) atoms. The van der Waals surface area contributed by atoms with Crippen molar-refractivity contribution >= 4 is 5.69 Å². The van der Waals surface area contributed by atoms with Crippen molar-refractivity contribution < 1.29 is 14.2 Å². The van der Waals surface area contributed by atoms with Crippen LogP contribution < -0.4 is 19.1 Å². The van der Waals surface area contributed by atoms with Crippen LogP contribution in [-0.4, -0.2) is 34.9 Å². The minimum Gasteiger partial charge on any atom is -0.497 e. The minimum absolute atomic E-state index is 0.500. The summed E-state index contributed by atoms with van der Waals surface area (Å²) in [6, 6.07) is 21.4. The van der Waals surface area contributed by atoms with E-state index in [2.05, 4.69) is 60.5 Å². The first-order chi connectivity index (χ1) is 15.6. The van der Waals surface area contributed by atoms with Crippen molar-refractivity contribution in [1.82, 2.24) is 0 Å². The molecule has 0 aromatic heterocycles. The summed E-state index contributed by atoms with van der Waals surface area (Å²) in [5.74, 6) is 3.25. The summed E-state index contributed by atoms with van der Waals surface area (Å²) in [5, 5.41) is 0. The number of likely N-dealkylation sites (N-methyl/N-ethyl adjacent to an activating group) is 1. The van der Waals surface area contributed by atoms with E-state index in [0.29, 0.717) is 5.92 Å². The molecule has 4 rings (SSSR count). The maximum Gasteiger partial charge on any atom is 0.120 e. The van der Waals surface area contributed by atoms with Crippen molar-refractivity contribution in [3.63, 3.8) is 0 Å². The molecule has 0 spiro atoms. The van der Waals surface area contributed by atoms with Gasteiger partial charge in [0.15, 0.2) is 0 Å². The normalized spacial score (nSPS) is 15.1. The molecule has 0 saturated carbocycles. The molecule has 1 aliphatic carbocycles. The number of fused-ring (bicyclic) bond motifs is 1. The predicted octanol–water partition coefficient (Wildman–Crippen LogP) is 5.66. The molecular formula is C28H33NO3. The summed E-state index contributed by atoms with van der Waals surface area (Å²) in [7, 11) is 7.36. The van der Waals surface area contributed by atoms with Gasteiger partial charge in [0.1, 0.15) is 17.2 Å². The highest BCUT2D eigenvalue weighted by molar-refractivity contribution is 5.59. The summed E-state index contributed by atoms with van der Waals surface area (Å²) < 4.78 is 16.3. The van der Waals surface area contributed by atoms with Gasteiger partial charge in [0.25, 0.3) is 0 Å². The number of nitrogens with zero attached hydrogens (tertiary/aromatic N) is 1. The van der Waals surface area contributed by atoms with Crippen molar-refractivity contribution in [3.8, 4) is 17.2 Å². The van der Waals surface area contributed by atoms with Gasteiger partial charge in [0, 0.05) is 25.3 Å². The van der Waals surface area contributed by atoms with Gasteiger partial charge in [-0.05, 0) is 84.2 Å². The van der Waals surface area contributed by atoms with Crippen LogP contribution in [0.25, 0.3) is 0 Å². The fourth-order valence-electron chi connectivity index (χ4n) is 4.66. The lowest BCUT2D eigenvalue weighted by Gasteiger charge is -2.30. The molecule has 1 atom stereocenters.